The van der Waals surface area contributed by atoms with Crippen LogP contribution in [0.4, 0.5) is 0 Å². The summed E-state index contributed by atoms with van der Waals surface area (Å²) < 4.78 is 0. The number of allylic oxidation sites excluding steroid dienone is 2. The number of benzene rings is 1. The van der Waals surface area contributed by atoms with Gasteiger partial charge in [0, 0.05) is 23.3 Å². The van der Waals surface area contributed by atoms with Crippen molar-refractivity contribution in [3.8, 4) is 0 Å². The number of nitrogens with zero attached hydrogens (tertiary/aromatic N) is 1. The van der Waals surface area contributed by atoms with Crippen LogP contribution in [0.2, 0.25) is 5.02 Å². The summed E-state index contributed by atoms with van der Waals surface area (Å²) in [5.74, 6) is -0.293. The van der Waals surface area contributed by atoms with E-state index in [-0.39, 0.29) is 11.5 Å². The fourth-order valence-corrected chi connectivity index (χ4v) is 1.29. The molecular weight excluding hydrogens is 224 g/mol. The first-order valence-corrected chi connectivity index (χ1v) is 5.04. The number of rotatable bonds is 3. The van der Waals surface area contributed by atoms with Crippen molar-refractivity contribution in [3.05, 3.63) is 57.7 Å². The quantitative estimate of drug-likeness (QED) is 0.496. The molecule has 0 aromatic heterocycles. The molecule has 1 aromatic rings. The smallest absolute Gasteiger partial charge is 0.251 e. The minimum atomic E-state index is -0.293. The Kier molecular flexibility index (Phi) is 4.10. The predicted octanol–water partition coefficient (Wildman–Crippen LogP) is 2.89. The van der Waals surface area contributed by atoms with Gasteiger partial charge in [0.25, 0.3) is 5.70 Å². The van der Waals surface area contributed by atoms with Crippen molar-refractivity contribution in [3.63, 3.8) is 0 Å². The Balaban J connectivity index is 3.12. The molecule has 0 unspecified atom stereocenters. The summed E-state index contributed by atoms with van der Waals surface area (Å²) in [7, 11) is 1.68. The Hall–Kier alpha value is -1.79. The number of nitrogens with one attached hydrogen (secondary N) is 1. The molecule has 16 heavy (non-hydrogen) atoms. The van der Waals surface area contributed by atoms with Gasteiger partial charge in [0.15, 0.2) is 5.78 Å². The van der Waals surface area contributed by atoms with Gasteiger partial charge in [-0.2, -0.15) is 0 Å². The lowest BCUT2D eigenvalue weighted by Crippen LogP contribution is -2.10. The number of hydrogen-bond acceptors (Lipinski definition) is 2. The average molecular weight is 235 g/mol. The third kappa shape index (κ3) is 2.62. The largest absolute Gasteiger partial charge is 0.400 e. The molecule has 1 N–H and O–H groups in total. The van der Waals surface area contributed by atoms with Gasteiger partial charge in [0.1, 0.15) is 0 Å². The molecule has 0 aliphatic rings. The van der Waals surface area contributed by atoms with E-state index in [0.29, 0.717) is 16.3 Å². The van der Waals surface area contributed by atoms with E-state index in [1.54, 1.807) is 38.2 Å². The lowest BCUT2D eigenvalue weighted by atomic mass is 10.1. The van der Waals surface area contributed by atoms with Crippen molar-refractivity contribution in [2.24, 2.45) is 0 Å². The molecule has 82 valence electrons. The molecule has 0 amide bonds. The number of ketones is 1. The first-order chi connectivity index (χ1) is 7.60. The highest BCUT2D eigenvalue weighted by Crippen LogP contribution is 2.15. The Bertz CT molecular complexity index is 469. The van der Waals surface area contributed by atoms with E-state index in [2.05, 4.69) is 10.2 Å². The van der Waals surface area contributed by atoms with Crippen molar-refractivity contribution >= 4 is 17.4 Å². The average Bonchev–Trinajstić information content (AvgIpc) is 2.30. The normalized spacial score (nSPS) is 11.4. The zero-order valence-electron chi connectivity index (χ0n) is 9.04. The summed E-state index contributed by atoms with van der Waals surface area (Å²) in [5.41, 5.74) is 1.13. The zero-order valence-corrected chi connectivity index (χ0v) is 9.80. The maximum Gasteiger partial charge on any atom is 0.251 e. The summed E-state index contributed by atoms with van der Waals surface area (Å²) in [4.78, 5) is 15.2. The van der Waals surface area contributed by atoms with Crippen molar-refractivity contribution < 1.29 is 4.79 Å². The molecule has 0 aliphatic carbocycles. The van der Waals surface area contributed by atoms with Crippen LogP contribution in [0.5, 0.6) is 0 Å². The third-order valence-electron chi connectivity index (χ3n) is 2.16. The molecule has 0 heterocycles. The van der Waals surface area contributed by atoms with Crippen LogP contribution >= 0.6 is 11.6 Å². The van der Waals surface area contributed by atoms with E-state index in [1.807, 2.05) is 0 Å². The SMILES string of the molecule is [C-]#[N+]/C(C(=O)c1ccc(Cl)cc1)=C(\C)NC. The van der Waals surface area contributed by atoms with Crippen LogP contribution in [-0.2, 0) is 0 Å². The Morgan fingerprint density at radius 3 is 2.38 bits per heavy atom. The van der Waals surface area contributed by atoms with Gasteiger partial charge in [-0.1, -0.05) is 23.7 Å². The second kappa shape index (κ2) is 5.34. The second-order valence-electron chi connectivity index (χ2n) is 3.17. The van der Waals surface area contributed by atoms with Crippen LogP contribution in [0.25, 0.3) is 4.85 Å². The minimum Gasteiger partial charge on any atom is -0.400 e. The molecule has 0 spiro atoms. The summed E-state index contributed by atoms with van der Waals surface area (Å²) in [6.45, 7) is 8.69. The maximum atomic E-state index is 11.9. The molecule has 1 rings (SSSR count). The van der Waals surface area contributed by atoms with E-state index < -0.39 is 0 Å². The zero-order chi connectivity index (χ0) is 12.1. The van der Waals surface area contributed by atoms with E-state index in [9.17, 15) is 4.79 Å². The van der Waals surface area contributed by atoms with E-state index in [0.717, 1.165) is 0 Å². The van der Waals surface area contributed by atoms with Crippen LogP contribution in [0, 0.1) is 6.57 Å². The van der Waals surface area contributed by atoms with Gasteiger partial charge in [-0.25, -0.2) is 4.85 Å². The van der Waals surface area contributed by atoms with E-state index >= 15 is 0 Å². The maximum absolute atomic E-state index is 11.9. The monoisotopic (exact) mass is 234 g/mol. The number of halogens is 1. The van der Waals surface area contributed by atoms with Gasteiger partial charge in [-0.05, 0) is 19.1 Å². The lowest BCUT2D eigenvalue weighted by Gasteiger charge is -2.04. The Morgan fingerprint density at radius 1 is 1.38 bits per heavy atom. The van der Waals surface area contributed by atoms with Crippen molar-refractivity contribution in [1.29, 1.82) is 0 Å². The lowest BCUT2D eigenvalue weighted by molar-refractivity contribution is 0.103. The highest BCUT2D eigenvalue weighted by Gasteiger charge is 2.14. The Morgan fingerprint density at radius 2 is 1.94 bits per heavy atom. The number of hydrogen-bond donors (Lipinski definition) is 1. The van der Waals surface area contributed by atoms with Gasteiger partial charge >= 0.3 is 0 Å². The van der Waals surface area contributed by atoms with Gasteiger partial charge in [-0.3, -0.25) is 0 Å². The van der Waals surface area contributed by atoms with Crippen LogP contribution in [0.15, 0.2) is 35.7 Å². The topological polar surface area (TPSA) is 33.5 Å². The summed E-state index contributed by atoms with van der Waals surface area (Å²) in [6.07, 6.45) is 0. The molecule has 0 saturated heterocycles. The molecule has 0 fully saturated rings. The van der Waals surface area contributed by atoms with Gasteiger partial charge < -0.3 is 10.1 Å². The summed E-state index contributed by atoms with van der Waals surface area (Å²) >= 11 is 5.72. The van der Waals surface area contributed by atoms with Crippen LogP contribution in [0.1, 0.15) is 17.3 Å². The highest BCUT2D eigenvalue weighted by atomic mass is 35.5. The van der Waals surface area contributed by atoms with Gasteiger partial charge in [0.2, 0.25) is 0 Å². The number of carbonyl (C=O) groups excluding carboxylic acids is 1. The number of carbonyl (C=O) groups is 1. The van der Waals surface area contributed by atoms with Crippen LogP contribution in [-0.4, -0.2) is 12.8 Å². The number of Topliss-reactive ketones (excluding diaryl/α,β-unsaturated/α-hetero) is 1. The van der Waals surface area contributed by atoms with Crippen LogP contribution in [0.3, 0.4) is 0 Å². The molecule has 0 aliphatic heterocycles. The van der Waals surface area contributed by atoms with Gasteiger partial charge in [-0.15, -0.1) is 0 Å². The molecular formula is C12H11ClN2O. The van der Waals surface area contributed by atoms with Crippen molar-refractivity contribution in [2.45, 2.75) is 6.92 Å². The first kappa shape index (κ1) is 12.3. The molecule has 1 aromatic carbocycles. The molecule has 3 nitrogen and oxygen atoms in total. The molecule has 0 radical (unpaired) electrons. The standard InChI is InChI=1S/C12H11ClN2O/c1-8(14-2)11(15-3)12(16)9-4-6-10(13)7-5-9/h4-7,14H,1-2H3/b11-8+. The highest BCUT2D eigenvalue weighted by molar-refractivity contribution is 6.30. The summed E-state index contributed by atoms with van der Waals surface area (Å²) in [5, 5.41) is 3.36. The fraction of sp³-hybridized carbons (Fsp3) is 0.167. The molecule has 0 atom stereocenters. The van der Waals surface area contributed by atoms with E-state index in [1.165, 1.54) is 0 Å². The van der Waals surface area contributed by atoms with Crippen molar-refractivity contribution in [1.82, 2.24) is 5.32 Å². The minimum absolute atomic E-state index is 0.102. The first-order valence-electron chi connectivity index (χ1n) is 4.66. The Labute approximate surface area is 99.5 Å². The third-order valence-corrected chi connectivity index (χ3v) is 2.42. The van der Waals surface area contributed by atoms with Crippen molar-refractivity contribution in [2.75, 3.05) is 7.05 Å². The summed E-state index contributed by atoms with van der Waals surface area (Å²) in [6, 6.07) is 6.48. The van der Waals surface area contributed by atoms with Gasteiger partial charge in [0.05, 0.1) is 6.57 Å². The predicted molar refractivity (Wildman–Crippen MR) is 64.1 cm³/mol. The second-order valence-corrected chi connectivity index (χ2v) is 3.61. The molecule has 4 heteroatoms. The molecule has 0 bridgehead atoms. The fourth-order valence-electron chi connectivity index (χ4n) is 1.16. The molecule has 0 saturated carbocycles. The van der Waals surface area contributed by atoms with Crippen LogP contribution < -0.4 is 5.32 Å². The van der Waals surface area contributed by atoms with E-state index in [4.69, 9.17) is 18.2 Å².